The van der Waals surface area contributed by atoms with Crippen LogP contribution in [0.15, 0.2) is 0 Å². The van der Waals surface area contributed by atoms with Crippen molar-refractivity contribution in [3.8, 4) is 0 Å². The van der Waals surface area contributed by atoms with Gasteiger partial charge in [-0.2, -0.15) is 0 Å². The molecule has 3 N–H and O–H groups in total. The summed E-state index contributed by atoms with van der Waals surface area (Å²) in [5.74, 6) is -1.89. The maximum atomic E-state index is 12.3. The fraction of sp³-hybridized carbons (Fsp3) is 0.750. The number of carboxylic acids is 1. The minimum absolute atomic E-state index is 0.0507. The summed E-state index contributed by atoms with van der Waals surface area (Å²) < 4.78 is 0. The minimum atomic E-state index is -1.08. The monoisotopic (exact) mass is 313 g/mol. The summed E-state index contributed by atoms with van der Waals surface area (Å²) >= 11 is 0. The molecule has 3 atom stereocenters. The number of carbonyl (C=O) groups excluding carboxylic acids is 2. The summed E-state index contributed by atoms with van der Waals surface area (Å²) in [5, 5.41) is 14.3. The molecule has 0 saturated carbocycles. The zero-order chi connectivity index (χ0) is 17.4. The molecule has 0 bridgehead atoms. The molecular weight excluding hydrogens is 284 g/mol. The number of carbonyl (C=O) groups is 3. The lowest BCUT2D eigenvalue weighted by atomic mass is 10.00. The van der Waals surface area contributed by atoms with Gasteiger partial charge >= 0.3 is 5.97 Å². The maximum Gasteiger partial charge on any atom is 0.326 e. The van der Waals surface area contributed by atoms with Crippen molar-refractivity contribution in [1.29, 1.82) is 0 Å². The van der Waals surface area contributed by atoms with E-state index in [9.17, 15) is 14.4 Å². The van der Waals surface area contributed by atoms with E-state index in [0.717, 1.165) is 0 Å². The minimum Gasteiger partial charge on any atom is -0.480 e. The second-order valence-electron chi connectivity index (χ2n) is 6.63. The van der Waals surface area contributed by atoms with Crippen molar-refractivity contribution in [2.45, 2.75) is 59.5 Å². The summed E-state index contributed by atoms with van der Waals surface area (Å²) in [6, 6.07) is -1.70. The number of amides is 2. The molecule has 0 aromatic rings. The molecule has 0 spiro atoms. The molecule has 0 aromatic carbocycles. The zero-order valence-corrected chi connectivity index (χ0v) is 14.2. The van der Waals surface area contributed by atoms with Crippen LogP contribution in [0.1, 0.15) is 47.5 Å². The van der Waals surface area contributed by atoms with Gasteiger partial charge in [0.2, 0.25) is 11.8 Å². The Morgan fingerprint density at radius 1 is 1.05 bits per heavy atom. The van der Waals surface area contributed by atoms with E-state index in [1.165, 1.54) is 0 Å². The second kappa shape index (κ2) is 9.33. The summed E-state index contributed by atoms with van der Waals surface area (Å²) in [7, 11) is 0. The number of hydrogen-bond donors (Lipinski definition) is 3. The quantitative estimate of drug-likeness (QED) is 0.563. The Kier molecular flexibility index (Phi) is 8.60. The molecule has 6 nitrogen and oxygen atoms in total. The van der Waals surface area contributed by atoms with E-state index >= 15 is 0 Å². The van der Waals surface area contributed by atoms with E-state index < -0.39 is 24.0 Å². The van der Waals surface area contributed by atoms with Crippen LogP contribution in [0, 0.1) is 24.7 Å². The van der Waals surface area contributed by atoms with Crippen molar-refractivity contribution in [3.63, 3.8) is 0 Å². The highest BCUT2D eigenvalue weighted by atomic mass is 16.4. The number of nitrogens with one attached hydrogen (secondary N) is 2. The van der Waals surface area contributed by atoms with Crippen molar-refractivity contribution >= 4 is 17.8 Å². The van der Waals surface area contributed by atoms with Crippen molar-refractivity contribution < 1.29 is 19.5 Å². The van der Waals surface area contributed by atoms with Gasteiger partial charge < -0.3 is 15.7 Å². The predicted octanol–water partition coefficient (Wildman–Crippen LogP) is 1.60. The number of hydrogen-bond acceptors (Lipinski definition) is 3. The van der Waals surface area contributed by atoms with Crippen LogP contribution in [0.3, 0.4) is 0 Å². The first-order valence-electron chi connectivity index (χ1n) is 7.70. The van der Waals surface area contributed by atoms with E-state index in [1.54, 1.807) is 13.8 Å². The molecule has 0 aromatic heterocycles. The molecule has 22 heavy (non-hydrogen) atoms. The van der Waals surface area contributed by atoms with Crippen molar-refractivity contribution in [2.75, 3.05) is 0 Å². The summed E-state index contributed by atoms with van der Waals surface area (Å²) in [6.45, 7) is 12.9. The third kappa shape index (κ3) is 7.90. The number of aliphatic carboxylic acids is 1. The van der Waals surface area contributed by atoms with E-state index in [-0.39, 0.29) is 30.1 Å². The van der Waals surface area contributed by atoms with E-state index in [2.05, 4.69) is 17.6 Å². The summed E-state index contributed by atoms with van der Waals surface area (Å²) in [4.78, 5) is 35.3. The van der Waals surface area contributed by atoms with Crippen LogP contribution < -0.4 is 10.6 Å². The van der Waals surface area contributed by atoms with Gasteiger partial charge in [-0.1, -0.05) is 27.7 Å². The zero-order valence-electron chi connectivity index (χ0n) is 14.2. The van der Waals surface area contributed by atoms with Gasteiger partial charge in [-0.25, -0.2) is 4.79 Å². The average molecular weight is 313 g/mol. The molecule has 0 radical (unpaired) electrons. The maximum absolute atomic E-state index is 12.3. The highest BCUT2D eigenvalue weighted by Gasteiger charge is 2.29. The average Bonchev–Trinajstić information content (AvgIpc) is 2.32. The Morgan fingerprint density at radius 3 is 1.95 bits per heavy atom. The largest absolute Gasteiger partial charge is 0.480 e. The van der Waals surface area contributed by atoms with Crippen LogP contribution in [-0.2, 0) is 14.4 Å². The lowest BCUT2D eigenvalue weighted by molar-refractivity contribution is -0.143. The Hall–Kier alpha value is -1.72. The Balaban J connectivity index is 4.90. The topological polar surface area (TPSA) is 95.5 Å². The standard InChI is InChI=1S/C16H28N2O4/c1-9(2)7-12(17-13(19)8-10(3)4)15(20)18-14(11(5)6)16(21)22/h9-12,14H,3,7-8H2,1-2,4-6H3,(H2-,17,18,19,20,21,22)/p+1/t10?,12-,14-/m0/s1. The van der Waals surface area contributed by atoms with Gasteiger partial charge in [0, 0.05) is 0 Å². The van der Waals surface area contributed by atoms with Crippen LogP contribution in [0.2, 0.25) is 0 Å². The number of carboxylic acid groups (broad SMARTS) is 1. The van der Waals surface area contributed by atoms with Crippen LogP contribution in [0.5, 0.6) is 0 Å². The molecule has 0 aliphatic heterocycles. The summed E-state index contributed by atoms with van der Waals surface area (Å²) in [5.41, 5.74) is 0. The molecule has 0 aliphatic carbocycles. The molecule has 0 saturated heterocycles. The predicted molar refractivity (Wildman–Crippen MR) is 84.9 cm³/mol. The van der Waals surface area contributed by atoms with Gasteiger partial charge in [-0.05, 0) is 25.2 Å². The SMILES string of the molecule is [CH2+]C(C)CC(=O)N[C@@H](CC(C)C)C(=O)N[C@H](C(=O)O)C(C)C. The highest BCUT2D eigenvalue weighted by molar-refractivity contribution is 5.90. The highest BCUT2D eigenvalue weighted by Crippen LogP contribution is 2.09. The van der Waals surface area contributed by atoms with Crippen LogP contribution in [0.25, 0.3) is 0 Å². The van der Waals surface area contributed by atoms with E-state index in [0.29, 0.717) is 6.42 Å². The molecular formula is C16H29N2O4+. The van der Waals surface area contributed by atoms with Crippen LogP contribution in [-0.4, -0.2) is 35.0 Å². The first-order valence-corrected chi connectivity index (χ1v) is 7.70. The Labute approximate surface area is 133 Å². The Bertz CT molecular complexity index is 392. The van der Waals surface area contributed by atoms with Crippen molar-refractivity contribution in [1.82, 2.24) is 10.6 Å². The molecule has 126 valence electrons. The first-order chi connectivity index (χ1) is 10.0. The molecule has 1 unspecified atom stereocenters. The molecule has 0 aliphatic rings. The Morgan fingerprint density at radius 2 is 1.59 bits per heavy atom. The second-order valence-corrected chi connectivity index (χ2v) is 6.63. The van der Waals surface area contributed by atoms with E-state index in [1.807, 2.05) is 20.8 Å². The molecule has 0 fully saturated rings. The van der Waals surface area contributed by atoms with Crippen molar-refractivity contribution in [2.24, 2.45) is 17.8 Å². The number of rotatable bonds is 9. The first kappa shape index (κ1) is 20.3. The molecule has 0 heterocycles. The van der Waals surface area contributed by atoms with Gasteiger partial charge in [0.25, 0.3) is 0 Å². The van der Waals surface area contributed by atoms with Gasteiger partial charge in [0.15, 0.2) is 0 Å². The van der Waals surface area contributed by atoms with Gasteiger partial charge in [-0.3, -0.25) is 9.59 Å². The van der Waals surface area contributed by atoms with Gasteiger partial charge in [0.1, 0.15) is 18.0 Å². The van der Waals surface area contributed by atoms with E-state index in [4.69, 9.17) is 5.11 Å². The smallest absolute Gasteiger partial charge is 0.326 e. The third-order valence-corrected chi connectivity index (χ3v) is 3.12. The molecule has 6 heteroatoms. The molecule has 2 amide bonds. The molecule has 0 rings (SSSR count). The van der Waals surface area contributed by atoms with Crippen molar-refractivity contribution in [3.05, 3.63) is 6.92 Å². The van der Waals surface area contributed by atoms with Crippen LogP contribution in [0.4, 0.5) is 0 Å². The normalized spacial score (nSPS) is 15.2. The lowest BCUT2D eigenvalue weighted by Gasteiger charge is -2.24. The van der Waals surface area contributed by atoms with Gasteiger partial charge in [0.05, 0.1) is 13.3 Å². The fourth-order valence-electron chi connectivity index (χ4n) is 2.04. The lowest BCUT2D eigenvalue weighted by Crippen LogP contribution is -2.53. The van der Waals surface area contributed by atoms with Gasteiger partial charge in [-0.15, -0.1) is 0 Å². The summed E-state index contributed by atoms with van der Waals surface area (Å²) in [6.07, 6.45) is 0.682. The fourth-order valence-corrected chi connectivity index (χ4v) is 2.04. The third-order valence-electron chi connectivity index (χ3n) is 3.12. The van der Waals surface area contributed by atoms with Crippen LogP contribution >= 0.6 is 0 Å².